The van der Waals surface area contributed by atoms with Crippen molar-refractivity contribution >= 4 is 68.8 Å². The van der Waals surface area contributed by atoms with E-state index in [1.165, 1.54) is 6.07 Å². The highest BCUT2D eigenvalue weighted by atomic mass is 79.9. The second-order valence-corrected chi connectivity index (χ2v) is 9.27. The van der Waals surface area contributed by atoms with Gasteiger partial charge in [0, 0.05) is 20.5 Å². The predicted molar refractivity (Wildman–Crippen MR) is 110 cm³/mol. The van der Waals surface area contributed by atoms with Crippen LogP contribution in [0.1, 0.15) is 6.92 Å². The lowest BCUT2D eigenvalue weighted by atomic mass is 10.2. The standard InChI is InChI=1S/C17H12Br3NO4S/c1-2-24-14-6-5-10(18)8-15(14)26(22,23)25-17-13(20)9-12(19)11-4-3-7-21-16(11)17/h3-9H,2H2,1H3. The number of nitrogens with zero attached hydrogens (tertiary/aromatic N) is 1. The van der Waals surface area contributed by atoms with E-state index in [0.29, 0.717) is 21.1 Å². The van der Waals surface area contributed by atoms with Crippen LogP contribution in [-0.2, 0) is 10.1 Å². The third-order valence-electron chi connectivity index (χ3n) is 3.42. The molecule has 1 heterocycles. The second-order valence-electron chi connectivity index (χ2n) is 5.13. The van der Waals surface area contributed by atoms with Gasteiger partial charge in [-0.15, -0.1) is 0 Å². The number of ether oxygens (including phenoxy) is 1. The minimum Gasteiger partial charge on any atom is -0.492 e. The van der Waals surface area contributed by atoms with E-state index < -0.39 is 10.1 Å². The predicted octanol–water partition coefficient (Wildman–Crippen LogP) is 5.69. The van der Waals surface area contributed by atoms with Crippen molar-refractivity contribution in [2.24, 2.45) is 0 Å². The average molecular weight is 566 g/mol. The molecule has 0 atom stereocenters. The van der Waals surface area contributed by atoms with Gasteiger partial charge >= 0.3 is 10.1 Å². The summed E-state index contributed by atoms with van der Waals surface area (Å²) >= 11 is 10.1. The molecule has 136 valence electrons. The summed E-state index contributed by atoms with van der Waals surface area (Å²) in [5.41, 5.74) is 0.422. The lowest BCUT2D eigenvalue weighted by Crippen LogP contribution is -2.12. The monoisotopic (exact) mass is 563 g/mol. The molecule has 5 nitrogen and oxygen atoms in total. The van der Waals surface area contributed by atoms with Crippen molar-refractivity contribution < 1.29 is 17.3 Å². The van der Waals surface area contributed by atoms with Gasteiger partial charge in [-0.25, -0.2) is 0 Å². The zero-order valence-electron chi connectivity index (χ0n) is 13.4. The summed E-state index contributed by atoms with van der Waals surface area (Å²) in [4.78, 5) is 4.20. The van der Waals surface area contributed by atoms with E-state index in [2.05, 4.69) is 52.8 Å². The quantitative estimate of drug-likeness (QED) is 0.372. The molecule has 0 N–H and O–H groups in total. The lowest BCUT2D eigenvalue weighted by Gasteiger charge is -2.14. The number of hydrogen-bond acceptors (Lipinski definition) is 5. The van der Waals surface area contributed by atoms with E-state index in [0.717, 1.165) is 9.86 Å². The van der Waals surface area contributed by atoms with E-state index in [9.17, 15) is 8.42 Å². The van der Waals surface area contributed by atoms with Crippen LogP contribution in [0, 0.1) is 0 Å². The fourth-order valence-electron chi connectivity index (χ4n) is 2.33. The van der Waals surface area contributed by atoms with Gasteiger partial charge in [0.05, 0.1) is 11.1 Å². The van der Waals surface area contributed by atoms with Crippen LogP contribution in [0.3, 0.4) is 0 Å². The summed E-state index contributed by atoms with van der Waals surface area (Å²) in [6.45, 7) is 2.11. The molecule has 2 aromatic carbocycles. The molecule has 3 rings (SSSR count). The van der Waals surface area contributed by atoms with E-state index in [1.54, 1.807) is 37.4 Å². The van der Waals surface area contributed by atoms with Crippen molar-refractivity contribution in [2.45, 2.75) is 11.8 Å². The van der Waals surface area contributed by atoms with Gasteiger partial charge in [-0.1, -0.05) is 37.9 Å². The van der Waals surface area contributed by atoms with Crippen molar-refractivity contribution in [3.05, 3.63) is 56.0 Å². The largest absolute Gasteiger partial charge is 0.492 e. The molecule has 0 bridgehead atoms. The van der Waals surface area contributed by atoms with E-state index in [-0.39, 0.29) is 16.4 Å². The fraction of sp³-hybridized carbons (Fsp3) is 0.118. The van der Waals surface area contributed by atoms with Crippen molar-refractivity contribution in [1.82, 2.24) is 4.98 Å². The minimum absolute atomic E-state index is 0.0624. The normalized spacial score (nSPS) is 11.5. The summed E-state index contributed by atoms with van der Waals surface area (Å²) in [5.74, 6) is 0.340. The highest BCUT2D eigenvalue weighted by Crippen LogP contribution is 2.39. The zero-order valence-corrected chi connectivity index (χ0v) is 18.9. The maximum atomic E-state index is 12.9. The van der Waals surface area contributed by atoms with Crippen LogP contribution >= 0.6 is 47.8 Å². The van der Waals surface area contributed by atoms with E-state index in [1.807, 2.05) is 6.07 Å². The molecule has 26 heavy (non-hydrogen) atoms. The maximum Gasteiger partial charge on any atom is 0.343 e. The van der Waals surface area contributed by atoms with Gasteiger partial charge in [-0.3, -0.25) is 4.98 Å². The Bertz CT molecular complexity index is 1090. The van der Waals surface area contributed by atoms with Crippen LogP contribution in [-0.4, -0.2) is 20.0 Å². The molecule has 0 fully saturated rings. The lowest BCUT2D eigenvalue weighted by molar-refractivity contribution is 0.329. The van der Waals surface area contributed by atoms with Crippen molar-refractivity contribution in [3.63, 3.8) is 0 Å². The Kier molecular flexibility index (Phi) is 5.91. The minimum atomic E-state index is -4.16. The molecule has 0 aliphatic rings. The first kappa shape index (κ1) is 19.6. The highest BCUT2D eigenvalue weighted by molar-refractivity contribution is 9.11. The molecule has 3 aromatic rings. The molecule has 9 heteroatoms. The number of aromatic nitrogens is 1. The van der Waals surface area contributed by atoms with Gasteiger partial charge in [-0.05, 0) is 53.2 Å². The molecule has 0 saturated carbocycles. The SMILES string of the molecule is CCOc1ccc(Br)cc1S(=O)(=O)Oc1c(Br)cc(Br)c2cccnc12. The maximum absolute atomic E-state index is 12.9. The number of halogens is 3. The molecular formula is C17H12Br3NO4S. The molecule has 0 saturated heterocycles. The van der Waals surface area contributed by atoms with E-state index >= 15 is 0 Å². The number of fused-ring (bicyclic) bond motifs is 1. The Morgan fingerprint density at radius 3 is 2.58 bits per heavy atom. The Morgan fingerprint density at radius 2 is 1.85 bits per heavy atom. The van der Waals surface area contributed by atoms with Crippen molar-refractivity contribution in [1.29, 1.82) is 0 Å². The smallest absolute Gasteiger partial charge is 0.343 e. The van der Waals surface area contributed by atoms with Crippen LogP contribution in [0.2, 0.25) is 0 Å². The molecule has 0 aliphatic heterocycles. The van der Waals surface area contributed by atoms with E-state index in [4.69, 9.17) is 8.92 Å². The van der Waals surface area contributed by atoms with Crippen LogP contribution in [0.25, 0.3) is 10.9 Å². The topological polar surface area (TPSA) is 65.5 Å². The number of hydrogen-bond donors (Lipinski definition) is 0. The van der Waals surface area contributed by atoms with Crippen LogP contribution < -0.4 is 8.92 Å². The second kappa shape index (κ2) is 7.84. The first-order chi connectivity index (χ1) is 12.3. The highest BCUT2D eigenvalue weighted by Gasteiger charge is 2.25. The van der Waals surface area contributed by atoms with Crippen LogP contribution in [0.5, 0.6) is 11.5 Å². The van der Waals surface area contributed by atoms with Gasteiger partial charge in [0.1, 0.15) is 16.2 Å². The molecule has 1 aromatic heterocycles. The van der Waals surface area contributed by atoms with Gasteiger partial charge in [0.2, 0.25) is 0 Å². The first-order valence-electron chi connectivity index (χ1n) is 7.43. The summed E-state index contributed by atoms with van der Waals surface area (Å²) in [6.07, 6.45) is 1.57. The van der Waals surface area contributed by atoms with Gasteiger partial charge < -0.3 is 8.92 Å². The molecular weight excluding hydrogens is 554 g/mol. The molecule has 0 aliphatic carbocycles. The summed E-state index contributed by atoms with van der Waals surface area (Å²) in [5, 5.41) is 0.736. The van der Waals surface area contributed by atoms with Crippen molar-refractivity contribution in [3.8, 4) is 11.5 Å². The summed E-state index contributed by atoms with van der Waals surface area (Å²) < 4.78 is 38.6. The summed E-state index contributed by atoms with van der Waals surface area (Å²) in [6, 6.07) is 10.0. The Morgan fingerprint density at radius 1 is 1.08 bits per heavy atom. The number of pyridine rings is 1. The third kappa shape index (κ3) is 3.90. The molecule has 0 amide bonds. The van der Waals surface area contributed by atoms with Crippen LogP contribution in [0.4, 0.5) is 0 Å². The molecule has 0 radical (unpaired) electrons. The Balaban J connectivity index is 2.15. The average Bonchev–Trinajstić information content (AvgIpc) is 2.60. The Labute approximate surface area is 176 Å². The fourth-order valence-corrected chi connectivity index (χ4v) is 5.43. The molecule has 0 unspecified atom stereocenters. The third-order valence-corrected chi connectivity index (χ3v) is 6.40. The van der Waals surface area contributed by atoms with Crippen LogP contribution in [0.15, 0.2) is 60.9 Å². The first-order valence-corrected chi connectivity index (χ1v) is 11.2. The van der Waals surface area contributed by atoms with Gasteiger partial charge in [0.25, 0.3) is 0 Å². The number of rotatable bonds is 5. The van der Waals surface area contributed by atoms with Gasteiger partial charge in [0.15, 0.2) is 5.75 Å². The van der Waals surface area contributed by atoms with Gasteiger partial charge in [-0.2, -0.15) is 8.42 Å². The zero-order chi connectivity index (χ0) is 18.9. The Hall–Kier alpha value is -1.16. The summed E-state index contributed by atoms with van der Waals surface area (Å²) in [7, 11) is -4.16. The molecule has 0 spiro atoms. The number of benzene rings is 2. The van der Waals surface area contributed by atoms with Crippen molar-refractivity contribution in [2.75, 3.05) is 6.61 Å².